The quantitative estimate of drug-likeness (QED) is 0.755. The smallest absolute Gasteiger partial charge is 0.260 e. The fourth-order valence-electron chi connectivity index (χ4n) is 3.79. The Labute approximate surface area is 170 Å². The standard InChI is InChI=1S/C21H27N3O5/c1-16-19(29-17(2)22-16)12-23-8-10-27-21(14-23)15-24(9-11-28-21)20(25)13-26-18-6-4-3-5-7-18/h3-7H,8-15H2,1-2H3. The first-order valence-corrected chi connectivity index (χ1v) is 9.92. The summed E-state index contributed by atoms with van der Waals surface area (Å²) in [5, 5.41) is 0. The van der Waals surface area contributed by atoms with Gasteiger partial charge in [-0.2, -0.15) is 0 Å². The van der Waals surface area contributed by atoms with Crippen LogP contribution in [0.25, 0.3) is 0 Å². The molecule has 3 heterocycles. The van der Waals surface area contributed by atoms with Crippen LogP contribution in [0.2, 0.25) is 0 Å². The maximum absolute atomic E-state index is 12.7. The summed E-state index contributed by atoms with van der Waals surface area (Å²) in [6, 6.07) is 9.35. The van der Waals surface area contributed by atoms with Crippen LogP contribution in [0.3, 0.4) is 0 Å². The highest BCUT2D eigenvalue weighted by atomic mass is 16.7. The monoisotopic (exact) mass is 401 g/mol. The van der Waals surface area contributed by atoms with Gasteiger partial charge in [-0.3, -0.25) is 9.69 Å². The van der Waals surface area contributed by atoms with E-state index in [4.69, 9.17) is 18.6 Å². The highest BCUT2D eigenvalue weighted by Gasteiger charge is 2.43. The zero-order chi connectivity index (χ0) is 20.3. The number of ether oxygens (including phenoxy) is 3. The molecule has 1 aromatic carbocycles. The van der Waals surface area contributed by atoms with E-state index in [2.05, 4.69) is 9.88 Å². The van der Waals surface area contributed by atoms with Gasteiger partial charge in [0.1, 0.15) is 11.5 Å². The number of nitrogens with zero attached hydrogens (tertiary/aromatic N) is 3. The Balaban J connectivity index is 1.36. The molecule has 0 radical (unpaired) electrons. The number of carbonyl (C=O) groups is 1. The van der Waals surface area contributed by atoms with Crippen LogP contribution in [0.4, 0.5) is 0 Å². The second kappa shape index (κ2) is 8.52. The normalized spacial score (nSPS) is 22.8. The van der Waals surface area contributed by atoms with Crippen LogP contribution in [0, 0.1) is 13.8 Å². The highest BCUT2D eigenvalue weighted by Crippen LogP contribution is 2.26. The van der Waals surface area contributed by atoms with Crippen LogP contribution in [0.1, 0.15) is 17.3 Å². The van der Waals surface area contributed by atoms with Crippen molar-refractivity contribution in [3.8, 4) is 5.75 Å². The van der Waals surface area contributed by atoms with Gasteiger partial charge in [-0.1, -0.05) is 18.2 Å². The molecule has 2 aromatic rings. The zero-order valence-corrected chi connectivity index (χ0v) is 16.9. The van der Waals surface area contributed by atoms with Crippen LogP contribution in [-0.4, -0.2) is 72.5 Å². The van der Waals surface area contributed by atoms with E-state index < -0.39 is 5.79 Å². The van der Waals surface area contributed by atoms with Crippen molar-refractivity contribution >= 4 is 5.91 Å². The van der Waals surface area contributed by atoms with E-state index in [1.807, 2.05) is 44.2 Å². The van der Waals surface area contributed by atoms with E-state index in [0.717, 1.165) is 18.0 Å². The first kappa shape index (κ1) is 19.9. The summed E-state index contributed by atoms with van der Waals surface area (Å²) >= 11 is 0. The van der Waals surface area contributed by atoms with Gasteiger partial charge in [0.2, 0.25) is 0 Å². The number of rotatable bonds is 5. The summed E-state index contributed by atoms with van der Waals surface area (Å²) < 4.78 is 23.3. The third-order valence-corrected chi connectivity index (χ3v) is 5.22. The number of hydrogen-bond donors (Lipinski definition) is 0. The van der Waals surface area contributed by atoms with Crippen LogP contribution in [0.15, 0.2) is 34.7 Å². The van der Waals surface area contributed by atoms with Crippen molar-refractivity contribution in [1.29, 1.82) is 0 Å². The van der Waals surface area contributed by atoms with Gasteiger partial charge in [-0.05, 0) is 19.1 Å². The Bertz CT molecular complexity index is 836. The van der Waals surface area contributed by atoms with Crippen molar-refractivity contribution in [1.82, 2.24) is 14.8 Å². The Morgan fingerprint density at radius 3 is 2.62 bits per heavy atom. The van der Waals surface area contributed by atoms with E-state index in [1.165, 1.54) is 0 Å². The second-order valence-electron chi connectivity index (χ2n) is 7.48. The third-order valence-electron chi connectivity index (χ3n) is 5.22. The summed E-state index contributed by atoms with van der Waals surface area (Å²) in [7, 11) is 0. The highest BCUT2D eigenvalue weighted by molar-refractivity contribution is 5.78. The third kappa shape index (κ3) is 4.77. The molecule has 2 aliphatic heterocycles. The molecule has 29 heavy (non-hydrogen) atoms. The number of morpholine rings is 2. The largest absolute Gasteiger partial charge is 0.484 e. The molecule has 4 rings (SSSR count). The van der Waals surface area contributed by atoms with Gasteiger partial charge in [0.25, 0.3) is 5.91 Å². The summed E-state index contributed by atoms with van der Waals surface area (Å²) in [6.07, 6.45) is 0. The summed E-state index contributed by atoms with van der Waals surface area (Å²) in [5.41, 5.74) is 0.905. The molecule has 1 aromatic heterocycles. The predicted octanol–water partition coefficient (Wildman–Crippen LogP) is 1.76. The fourth-order valence-corrected chi connectivity index (χ4v) is 3.79. The average Bonchev–Trinajstić information content (AvgIpc) is 3.03. The molecule has 8 nitrogen and oxygen atoms in total. The molecule has 0 aliphatic carbocycles. The van der Waals surface area contributed by atoms with Crippen molar-refractivity contribution < 1.29 is 23.4 Å². The maximum atomic E-state index is 12.7. The van der Waals surface area contributed by atoms with Gasteiger partial charge >= 0.3 is 0 Å². The molecule has 1 atom stereocenters. The summed E-state index contributed by atoms with van der Waals surface area (Å²) in [5.74, 6) is 1.33. The lowest BCUT2D eigenvalue weighted by Gasteiger charge is -2.47. The van der Waals surface area contributed by atoms with Crippen LogP contribution in [0.5, 0.6) is 5.75 Å². The molecule has 1 amide bonds. The zero-order valence-electron chi connectivity index (χ0n) is 16.9. The van der Waals surface area contributed by atoms with Gasteiger partial charge in [0.15, 0.2) is 18.3 Å². The Morgan fingerprint density at radius 1 is 1.14 bits per heavy atom. The molecule has 2 fully saturated rings. The van der Waals surface area contributed by atoms with Crippen LogP contribution >= 0.6 is 0 Å². The first-order valence-electron chi connectivity index (χ1n) is 9.92. The lowest BCUT2D eigenvalue weighted by Crippen LogP contribution is -2.63. The average molecular weight is 401 g/mol. The molecule has 0 bridgehead atoms. The van der Waals surface area contributed by atoms with Crippen molar-refractivity contribution in [3.63, 3.8) is 0 Å². The minimum atomic E-state index is -0.818. The number of hydrogen-bond acceptors (Lipinski definition) is 7. The van der Waals surface area contributed by atoms with E-state index in [9.17, 15) is 4.79 Å². The van der Waals surface area contributed by atoms with Crippen LogP contribution < -0.4 is 4.74 Å². The second-order valence-corrected chi connectivity index (χ2v) is 7.48. The lowest BCUT2D eigenvalue weighted by molar-refractivity contribution is -0.290. The number of carbonyl (C=O) groups excluding carboxylic acids is 1. The van der Waals surface area contributed by atoms with Crippen molar-refractivity contribution in [2.75, 3.05) is 46.0 Å². The van der Waals surface area contributed by atoms with Crippen molar-refractivity contribution in [2.24, 2.45) is 0 Å². The molecule has 8 heteroatoms. The van der Waals surface area contributed by atoms with E-state index in [-0.39, 0.29) is 12.5 Å². The van der Waals surface area contributed by atoms with Gasteiger partial charge in [-0.15, -0.1) is 0 Å². The van der Waals surface area contributed by atoms with E-state index >= 15 is 0 Å². The maximum Gasteiger partial charge on any atom is 0.260 e. The van der Waals surface area contributed by atoms with Crippen molar-refractivity contribution in [2.45, 2.75) is 26.2 Å². The van der Waals surface area contributed by atoms with E-state index in [1.54, 1.807) is 4.90 Å². The molecule has 2 aliphatic rings. The minimum absolute atomic E-state index is 0.000341. The molecular weight excluding hydrogens is 374 g/mol. The molecule has 1 spiro atoms. The summed E-state index contributed by atoms with van der Waals surface area (Å²) in [4.78, 5) is 21.0. The number of aromatic nitrogens is 1. The van der Waals surface area contributed by atoms with Crippen LogP contribution in [-0.2, 0) is 20.8 Å². The molecule has 1 unspecified atom stereocenters. The SMILES string of the molecule is Cc1nc(C)c(CN2CCOC3(C2)CN(C(=O)COc2ccccc2)CCO3)o1. The minimum Gasteiger partial charge on any atom is -0.484 e. The van der Waals surface area contributed by atoms with Gasteiger partial charge < -0.3 is 23.5 Å². The Hall–Kier alpha value is -2.42. The van der Waals surface area contributed by atoms with Gasteiger partial charge in [0.05, 0.1) is 38.5 Å². The molecule has 0 N–H and O–H groups in total. The molecule has 0 saturated carbocycles. The molecular formula is C21H27N3O5. The Kier molecular flexibility index (Phi) is 5.84. The summed E-state index contributed by atoms with van der Waals surface area (Å²) in [6.45, 7) is 7.67. The topological polar surface area (TPSA) is 77.3 Å². The fraction of sp³-hybridized carbons (Fsp3) is 0.524. The van der Waals surface area contributed by atoms with Gasteiger partial charge in [-0.25, -0.2) is 4.98 Å². The number of aryl methyl sites for hydroxylation is 2. The van der Waals surface area contributed by atoms with E-state index in [0.29, 0.717) is 51.0 Å². The van der Waals surface area contributed by atoms with Gasteiger partial charge in [0, 0.05) is 20.0 Å². The number of benzene rings is 1. The molecule has 156 valence electrons. The van der Waals surface area contributed by atoms with Crippen molar-refractivity contribution in [3.05, 3.63) is 47.7 Å². The predicted molar refractivity (Wildman–Crippen MR) is 104 cm³/mol. The lowest BCUT2D eigenvalue weighted by atomic mass is 10.1. The first-order chi connectivity index (χ1) is 14.0. The molecule has 2 saturated heterocycles. The number of oxazole rings is 1. The Morgan fingerprint density at radius 2 is 1.90 bits per heavy atom. The number of amides is 1. The number of para-hydroxylation sites is 1.